The van der Waals surface area contributed by atoms with Gasteiger partial charge in [0, 0.05) is 48.2 Å². The van der Waals surface area contributed by atoms with Crippen LogP contribution in [-0.4, -0.2) is 92.0 Å². The highest BCUT2D eigenvalue weighted by molar-refractivity contribution is 6.04. The molecule has 4 aliphatic rings. The Balaban J connectivity index is 0.967. The van der Waals surface area contributed by atoms with Crippen molar-refractivity contribution in [2.45, 2.75) is 96.3 Å². The first kappa shape index (κ1) is 41.3. The van der Waals surface area contributed by atoms with E-state index >= 15 is 0 Å². The summed E-state index contributed by atoms with van der Waals surface area (Å²) >= 11 is 0. The van der Waals surface area contributed by atoms with E-state index in [-0.39, 0.29) is 23.7 Å². The lowest BCUT2D eigenvalue weighted by molar-refractivity contribution is -0.141. The minimum atomic E-state index is -0.697. The number of aryl methyl sites for hydroxylation is 1. The van der Waals surface area contributed by atoms with Crippen molar-refractivity contribution in [3.8, 4) is 33.6 Å². The molecule has 0 spiro atoms. The number of benzene rings is 2. The SMILES string of the molecule is C=C(N[C@H](C(=O)N1C[C@@H]2CC[C@@]1(c1nc(-c3ccc(-c4ccc(-c5c[nH]c([C@@]67CC[C@@H](CN6C(=O)[C@@H](NC(=O)OC)C(C)C)C7)n5)c5[nH]cc(C)c45)cc3)c[nH]1)C2)C(C)C)OC. The molecule has 2 saturated heterocycles. The van der Waals surface area contributed by atoms with E-state index in [2.05, 4.69) is 80.4 Å². The molecule has 14 nitrogen and oxygen atoms in total. The first-order valence-electron chi connectivity index (χ1n) is 22.1. The third kappa shape index (κ3) is 6.73. The largest absolute Gasteiger partial charge is 0.483 e. The predicted molar refractivity (Wildman–Crippen MR) is 237 cm³/mol. The summed E-state index contributed by atoms with van der Waals surface area (Å²) in [6.45, 7) is 15.3. The van der Waals surface area contributed by atoms with Crippen LogP contribution in [0.1, 0.15) is 83.4 Å². The summed E-state index contributed by atoms with van der Waals surface area (Å²) in [6.07, 6.45) is 10.9. The Labute approximate surface area is 362 Å². The summed E-state index contributed by atoms with van der Waals surface area (Å²) in [5, 5.41) is 7.11. The van der Waals surface area contributed by atoms with Gasteiger partial charge in [0.15, 0.2) is 5.88 Å². The Morgan fingerprint density at radius 3 is 1.81 bits per heavy atom. The van der Waals surface area contributed by atoms with Gasteiger partial charge in [0.2, 0.25) is 11.8 Å². The molecule has 4 bridgehead atoms. The van der Waals surface area contributed by atoms with E-state index in [9.17, 15) is 14.4 Å². The fourth-order valence-electron chi connectivity index (χ4n) is 11.1. The molecule has 2 aliphatic carbocycles. The van der Waals surface area contributed by atoms with Crippen molar-refractivity contribution in [2.75, 3.05) is 27.3 Å². The standard InChI is InChI=1S/C48H59N9O5/c1-26(2)39(52-29(6)61-7)42(58)56-24-30-15-17-47(56,19-30)44-50-22-36(53-44)33-11-9-32(10-12-33)34-13-14-35(41-38(34)28(5)21-49-41)37-23-51-45(54-37)48-18-16-31(20-48)25-57(48)43(59)40(27(3)4)55-46(60)62-8/h9-14,21-23,26-27,30-31,39-40,49,52H,6,15-20,24-25H2,1-5,7-8H3,(H,50,53)(H,51,54)(H,55,60)/t30-,31-,39+,40+,47+,48+/m1/s1. The zero-order valence-corrected chi connectivity index (χ0v) is 36.9. The molecule has 14 heteroatoms. The summed E-state index contributed by atoms with van der Waals surface area (Å²) in [4.78, 5) is 65.4. The third-order valence-electron chi connectivity index (χ3n) is 14.4. The molecule has 0 radical (unpaired) electrons. The van der Waals surface area contributed by atoms with Crippen LogP contribution in [0.4, 0.5) is 4.79 Å². The number of piperidine rings is 2. The van der Waals surface area contributed by atoms with Gasteiger partial charge in [-0.1, -0.05) is 58.0 Å². The Bertz CT molecular complexity index is 2540. The van der Waals surface area contributed by atoms with Crippen molar-refractivity contribution in [3.63, 3.8) is 0 Å². The number of carbonyl (C=O) groups is 3. The summed E-state index contributed by atoms with van der Waals surface area (Å²) < 4.78 is 10.1. The average molecular weight is 842 g/mol. The van der Waals surface area contributed by atoms with E-state index in [1.165, 1.54) is 7.11 Å². The van der Waals surface area contributed by atoms with Crippen molar-refractivity contribution in [1.29, 1.82) is 0 Å². The maximum atomic E-state index is 14.1. The number of rotatable bonds is 13. The van der Waals surface area contributed by atoms with Crippen LogP contribution in [-0.2, 0) is 30.1 Å². The number of carbonyl (C=O) groups excluding carboxylic acids is 3. The number of alkyl carbamates (subject to hydrolysis) is 1. The van der Waals surface area contributed by atoms with Crippen molar-refractivity contribution in [2.24, 2.45) is 23.7 Å². The molecule has 3 aromatic heterocycles. The number of likely N-dealkylation sites (tertiary alicyclic amines) is 2. The minimum Gasteiger partial charge on any atom is -0.483 e. The Hall–Kier alpha value is -6.05. The summed E-state index contributed by atoms with van der Waals surface area (Å²) in [7, 11) is 2.87. The number of aromatic amines is 3. The molecule has 4 fully saturated rings. The van der Waals surface area contributed by atoms with Crippen LogP contribution < -0.4 is 10.6 Å². The number of amides is 3. The van der Waals surface area contributed by atoms with E-state index < -0.39 is 29.3 Å². The first-order chi connectivity index (χ1) is 29.8. The van der Waals surface area contributed by atoms with Crippen molar-refractivity contribution < 1.29 is 23.9 Å². The molecule has 326 valence electrons. The maximum absolute atomic E-state index is 14.1. The van der Waals surface area contributed by atoms with Gasteiger partial charge in [-0.3, -0.25) is 9.59 Å². The van der Waals surface area contributed by atoms with Crippen LogP contribution in [0.3, 0.4) is 0 Å². The molecular weight excluding hydrogens is 783 g/mol. The average Bonchev–Trinajstić information content (AvgIpc) is 4.14. The van der Waals surface area contributed by atoms with Gasteiger partial charge in [-0.15, -0.1) is 0 Å². The zero-order chi connectivity index (χ0) is 43.7. The molecule has 5 heterocycles. The molecule has 5 N–H and O–H groups in total. The van der Waals surface area contributed by atoms with Crippen LogP contribution in [0, 0.1) is 30.6 Å². The van der Waals surface area contributed by atoms with E-state index in [1.54, 1.807) is 7.11 Å². The monoisotopic (exact) mass is 841 g/mol. The highest BCUT2D eigenvalue weighted by Crippen LogP contribution is 2.54. The number of ether oxygens (including phenoxy) is 2. The Morgan fingerprint density at radius 2 is 1.26 bits per heavy atom. The van der Waals surface area contributed by atoms with Gasteiger partial charge in [-0.25, -0.2) is 14.8 Å². The highest BCUT2D eigenvalue weighted by Gasteiger charge is 2.58. The maximum Gasteiger partial charge on any atom is 0.407 e. The van der Waals surface area contributed by atoms with Crippen LogP contribution in [0.15, 0.2) is 67.5 Å². The Morgan fingerprint density at radius 1 is 0.726 bits per heavy atom. The van der Waals surface area contributed by atoms with E-state index in [4.69, 9.17) is 19.4 Å². The van der Waals surface area contributed by atoms with Gasteiger partial charge in [0.25, 0.3) is 0 Å². The smallest absolute Gasteiger partial charge is 0.407 e. The normalized spacial score (nSPS) is 23.7. The van der Waals surface area contributed by atoms with Crippen LogP contribution in [0.2, 0.25) is 0 Å². The number of H-pyrrole nitrogens is 3. The number of hydrogen-bond acceptors (Lipinski definition) is 8. The fraction of sp³-hybridized carbons (Fsp3) is 0.479. The molecule has 3 amide bonds. The van der Waals surface area contributed by atoms with Crippen LogP contribution in [0.25, 0.3) is 44.5 Å². The summed E-state index contributed by atoms with van der Waals surface area (Å²) in [5.74, 6) is 2.73. The van der Waals surface area contributed by atoms with Crippen molar-refractivity contribution in [3.05, 3.63) is 84.7 Å². The highest BCUT2D eigenvalue weighted by atomic mass is 16.5. The van der Waals surface area contributed by atoms with E-state index in [1.807, 2.05) is 51.2 Å². The molecule has 2 saturated carbocycles. The number of methoxy groups -OCH3 is 2. The number of nitrogens with zero attached hydrogens (tertiary/aromatic N) is 4. The zero-order valence-electron chi connectivity index (χ0n) is 36.9. The van der Waals surface area contributed by atoms with Gasteiger partial charge in [-0.05, 0) is 98.5 Å². The fourth-order valence-corrected chi connectivity index (χ4v) is 11.1. The van der Waals surface area contributed by atoms with Crippen molar-refractivity contribution in [1.82, 2.24) is 45.4 Å². The summed E-state index contributed by atoms with van der Waals surface area (Å²) in [6, 6.07) is 11.7. The number of aromatic nitrogens is 5. The number of nitrogens with one attached hydrogen (secondary N) is 5. The molecule has 62 heavy (non-hydrogen) atoms. The molecule has 2 aromatic carbocycles. The lowest BCUT2D eigenvalue weighted by Crippen LogP contribution is -2.56. The van der Waals surface area contributed by atoms with Crippen LogP contribution in [0.5, 0.6) is 0 Å². The number of hydrogen-bond donors (Lipinski definition) is 5. The molecular formula is C48H59N9O5. The number of fused-ring (bicyclic) bond motifs is 5. The lowest BCUT2D eigenvalue weighted by atomic mass is 9.93. The first-order valence-corrected chi connectivity index (χ1v) is 22.1. The minimum absolute atomic E-state index is 0.0474. The van der Waals surface area contributed by atoms with Gasteiger partial charge in [0.1, 0.15) is 34.8 Å². The van der Waals surface area contributed by atoms with E-state index in [0.717, 1.165) is 107 Å². The predicted octanol–water partition coefficient (Wildman–Crippen LogP) is 7.71. The van der Waals surface area contributed by atoms with E-state index in [0.29, 0.717) is 24.3 Å². The Kier molecular flexibility index (Phi) is 10.5. The third-order valence-corrected chi connectivity index (χ3v) is 14.4. The van der Waals surface area contributed by atoms with Crippen molar-refractivity contribution >= 4 is 28.8 Å². The molecule has 9 rings (SSSR count). The van der Waals surface area contributed by atoms with Gasteiger partial charge in [-0.2, -0.15) is 0 Å². The summed E-state index contributed by atoms with van der Waals surface area (Å²) in [5.41, 5.74) is 6.90. The van der Waals surface area contributed by atoms with Gasteiger partial charge >= 0.3 is 6.09 Å². The molecule has 2 aliphatic heterocycles. The second-order valence-electron chi connectivity index (χ2n) is 18.8. The number of imidazole rings is 2. The second-order valence-corrected chi connectivity index (χ2v) is 18.8. The molecule has 6 atom stereocenters. The quantitative estimate of drug-likeness (QED) is 0.0750. The molecule has 0 unspecified atom stereocenters. The topological polar surface area (TPSA) is 173 Å². The van der Waals surface area contributed by atoms with Gasteiger partial charge in [0.05, 0.1) is 31.1 Å². The van der Waals surface area contributed by atoms with Crippen LogP contribution >= 0.6 is 0 Å². The second kappa shape index (κ2) is 15.7. The molecule has 5 aromatic rings. The van der Waals surface area contributed by atoms with Gasteiger partial charge < -0.3 is 44.9 Å². The lowest BCUT2D eigenvalue weighted by Gasteiger charge is -2.40.